The van der Waals surface area contributed by atoms with Gasteiger partial charge in [0.2, 0.25) is 0 Å². The van der Waals surface area contributed by atoms with E-state index in [0.717, 1.165) is 18.0 Å². The first-order valence-corrected chi connectivity index (χ1v) is 6.81. The van der Waals surface area contributed by atoms with E-state index in [1.165, 1.54) is 18.6 Å². The lowest BCUT2D eigenvalue weighted by Gasteiger charge is -2.34. The Balaban J connectivity index is 2.03. The van der Waals surface area contributed by atoms with Crippen LogP contribution in [0, 0.1) is 16.7 Å². The summed E-state index contributed by atoms with van der Waals surface area (Å²) in [6.45, 7) is 7.09. The number of phenols is 1. The fourth-order valence-corrected chi connectivity index (χ4v) is 3.80. The van der Waals surface area contributed by atoms with E-state index in [9.17, 15) is 5.11 Å². The molecule has 0 spiro atoms. The van der Waals surface area contributed by atoms with Gasteiger partial charge in [-0.15, -0.1) is 0 Å². The van der Waals surface area contributed by atoms with E-state index < -0.39 is 0 Å². The molecule has 0 saturated heterocycles. The van der Waals surface area contributed by atoms with Crippen LogP contribution in [0.5, 0.6) is 5.75 Å². The highest BCUT2D eigenvalue weighted by atomic mass is 16.3. The summed E-state index contributed by atoms with van der Waals surface area (Å²) in [6.07, 6.45) is 3.65. The normalized spacial score (nSPS) is 35.3. The van der Waals surface area contributed by atoms with Gasteiger partial charge < -0.3 is 5.11 Å². The second-order valence-electron chi connectivity index (χ2n) is 6.54. The van der Waals surface area contributed by atoms with Crippen LogP contribution in [0.1, 0.15) is 40.0 Å². The highest BCUT2D eigenvalue weighted by molar-refractivity contribution is 5.96. The van der Waals surface area contributed by atoms with Gasteiger partial charge in [-0.1, -0.05) is 32.9 Å². The first kappa shape index (κ1) is 11.8. The summed E-state index contributed by atoms with van der Waals surface area (Å²) >= 11 is 0. The molecule has 0 aliphatic heterocycles. The maximum absolute atomic E-state index is 9.85. The molecule has 0 heterocycles. The van der Waals surface area contributed by atoms with Crippen molar-refractivity contribution < 1.29 is 5.11 Å². The lowest BCUT2D eigenvalue weighted by atomic mass is 9.70. The second kappa shape index (κ2) is 3.59. The molecule has 2 bridgehead atoms. The van der Waals surface area contributed by atoms with Crippen LogP contribution in [-0.2, 0) is 0 Å². The summed E-state index contributed by atoms with van der Waals surface area (Å²) < 4.78 is 0. The third-order valence-corrected chi connectivity index (χ3v) is 5.65. The van der Waals surface area contributed by atoms with Gasteiger partial charge in [0.05, 0.1) is 0 Å². The summed E-state index contributed by atoms with van der Waals surface area (Å²) in [5.41, 5.74) is 2.55. The molecule has 0 aromatic heterocycles. The quantitative estimate of drug-likeness (QED) is 0.783. The Morgan fingerprint density at radius 1 is 1.22 bits per heavy atom. The maximum atomic E-state index is 9.85. The van der Waals surface area contributed by atoms with E-state index >= 15 is 0 Å². The van der Waals surface area contributed by atoms with Gasteiger partial charge in [0.25, 0.3) is 0 Å². The average molecular weight is 243 g/mol. The third-order valence-electron chi connectivity index (χ3n) is 5.65. The van der Waals surface area contributed by atoms with Gasteiger partial charge >= 0.3 is 0 Å². The Morgan fingerprint density at radius 3 is 2.50 bits per heavy atom. The van der Waals surface area contributed by atoms with Gasteiger partial charge in [0.1, 0.15) is 11.4 Å². The van der Waals surface area contributed by atoms with Crippen molar-refractivity contribution in [2.45, 2.75) is 40.0 Å². The van der Waals surface area contributed by atoms with Crippen LogP contribution in [0.2, 0.25) is 0 Å². The number of nitrogens with zero attached hydrogens (tertiary/aromatic N) is 1. The predicted octanol–water partition coefficient (Wildman–Crippen LogP) is 4.31. The van der Waals surface area contributed by atoms with Crippen molar-refractivity contribution in [1.29, 1.82) is 0 Å². The average Bonchev–Trinajstić information content (AvgIpc) is 2.65. The summed E-state index contributed by atoms with van der Waals surface area (Å²) in [7, 11) is 0. The molecule has 2 heteroatoms. The number of phenolic OH excluding ortho intramolecular Hbond substituents is 1. The number of aliphatic imine (C=N–C) groups is 1. The van der Waals surface area contributed by atoms with Gasteiger partial charge in [-0.3, -0.25) is 4.99 Å². The number of fused-ring (bicyclic) bond motifs is 2. The van der Waals surface area contributed by atoms with E-state index in [4.69, 9.17) is 4.99 Å². The van der Waals surface area contributed by atoms with E-state index in [-0.39, 0.29) is 11.2 Å². The Bertz CT molecular complexity index is 518. The molecule has 3 rings (SSSR count). The largest absolute Gasteiger partial charge is 0.506 e. The van der Waals surface area contributed by atoms with Gasteiger partial charge in [-0.2, -0.15) is 0 Å². The maximum Gasteiger partial charge on any atom is 0.141 e. The molecule has 0 amide bonds. The summed E-state index contributed by atoms with van der Waals surface area (Å²) in [5.74, 6) is 1.04. The molecule has 2 atom stereocenters. The molecule has 1 N–H and O–H groups in total. The van der Waals surface area contributed by atoms with Crippen LogP contribution in [-0.4, -0.2) is 10.8 Å². The van der Waals surface area contributed by atoms with Crippen molar-refractivity contribution in [3.8, 4) is 5.75 Å². The number of hydrogen-bond donors (Lipinski definition) is 1. The molecule has 1 aromatic carbocycles. The van der Waals surface area contributed by atoms with Gasteiger partial charge in [-0.25, -0.2) is 0 Å². The smallest absolute Gasteiger partial charge is 0.141 e. The number of benzene rings is 1. The molecule has 1 aromatic rings. The van der Waals surface area contributed by atoms with Gasteiger partial charge in [0, 0.05) is 11.1 Å². The van der Waals surface area contributed by atoms with Crippen molar-refractivity contribution in [2.75, 3.05) is 0 Å². The van der Waals surface area contributed by atoms with E-state index in [1.54, 1.807) is 6.07 Å². The molecule has 96 valence electrons. The second-order valence-corrected chi connectivity index (χ2v) is 6.54. The van der Waals surface area contributed by atoms with Crippen LogP contribution in [0.3, 0.4) is 0 Å². The van der Waals surface area contributed by atoms with Gasteiger partial charge in [-0.05, 0) is 42.7 Å². The summed E-state index contributed by atoms with van der Waals surface area (Å²) in [6, 6.07) is 7.37. The fraction of sp³-hybridized carbons (Fsp3) is 0.562. The minimum Gasteiger partial charge on any atom is -0.506 e. The number of para-hydroxylation sites is 2. The Hall–Kier alpha value is -1.31. The molecule has 0 radical (unpaired) electrons. The lowest BCUT2D eigenvalue weighted by molar-refractivity contribution is 0.194. The Labute approximate surface area is 109 Å². The molecule has 0 unspecified atom stereocenters. The first-order chi connectivity index (χ1) is 8.45. The molecule has 2 aliphatic carbocycles. The highest BCUT2D eigenvalue weighted by Gasteiger charge is 2.59. The van der Waals surface area contributed by atoms with Crippen LogP contribution < -0.4 is 0 Å². The van der Waals surface area contributed by atoms with Crippen molar-refractivity contribution in [3.63, 3.8) is 0 Å². The third kappa shape index (κ3) is 1.38. The molecule has 2 fully saturated rings. The SMILES string of the molecule is CC1(C)[C@@H]2CC[C@@]1(C)C(=Nc1ccccc1O)C2. The van der Waals surface area contributed by atoms with Gasteiger partial charge in [0.15, 0.2) is 0 Å². The van der Waals surface area contributed by atoms with Crippen molar-refractivity contribution in [3.05, 3.63) is 24.3 Å². The van der Waals surface area contributed by atoms with E-state index in [2.05, 4.69) is 20.8 Å². The Kier molecular flexibility index (Phi) is 2.35. The first-order valence-electron chi connectivity index (χ1n) is 6.81. The van der Waals surface area contributed by atoms with Crippen molar-refractivity contribution in [1.82, 2.24) is 0 Å². The summed E-state index contributed by atoms with van der Waals surface area (Å²) in [4.78, 5) is 4.77. The molecular weight excluding hydrogens is 222 g/mol. The van der Waals surface area contributed by atoms with Crippen molar-refractivity contribution in [2.24, 2.45) is 21.7 Å². The minimum absolute atomic E-state index is 0.208. The van der Waals surface area contributed by atoms with Crippen LogP contribution in [0.25, 0.3) is 0 Å². The van der Waals surface area contributed by atoms with Crippen molar-refractivity contribution >= 4 is 11.4 Å². The molecule has 2 aliphatic rings. The zero-order valence-corrected chi connectivity index (χ0v) is 11.4. The predicted molar refractivity (Wildman–Crippen MR) is 74.4 cm³/mol. The summed E-state index contributed by atoms with van der Waals surface area (Å²) in [5, 5.41) is 9.85. The van der Waals surface area contributed by atoms with E-state index in [1.807, 2.05) is 18.2 Å². The number of hydrogen-bond acceptors (Lipinski definition) is 2. The molecule has 2 saturated carbocycles. The minimum atomic E-state index is 0.208. The lowest BCUT2D eigenvalue weighted by Crippen LogP contribution is -2.32. The zero-order chi connectivity index (χ0) is 13.0. The standard InChI is InChI=1S/C16H21NO/c1-15(2)11-8-9-16(15,3)14(10-11)17-12-6-4-5-7-13(12)18/h4-7,11,18H,8-10H2,1-3H3/t11-,16+/m1/s1. The van der Waals surface area contributed by atoms with E-state index in [0.29, 0.717) is 5.41 Å². The molecular formula is C16H21NO. The monoisotopic (exact) mass is 243 g/mol. The fourth-order valence-electron chi connectivity index (χ4n) is 3.80. The number of aromatic hydroxyl groups is 1. The Morgan fingerprint density at radius 2 is 1.94 bits per heavy atom. The molecule has 2 nitrogen and oxygen atoms in total. The van der Waals surface area contributed by atoms with Crippen LogP contribution in [0.15, 0.2) is 29.3 Å². The molecule has 18 heavy (non-hydrogen) atoms. The highest BCUT2D eigenvalue weighted by Crippen LogP contribution is 2.64. The number of rotatable bonds is 1. The van der Waals surface area contributed by atoms with Crippen LogP contribution in [0.4, 0.5) is 5.69 Å². The topological polar surface area (TPSA) is 32.6 Å². The van der Waals surface area contributed by atoms with Crippen LogP contribution >= 0.6 is 0 Å². The zero-order valence-electron chi connectivity index (χ0n) is 11.4.